The van der Waals surface area contributed by atoms with Crippen molar-refractivity contribution >= 4 is 49.2 Å². The highest BCUT2D eigenvalue weighted by molar-refractivity contribution is 6.23. The van der Waals surface area contributed by atoms with E-state index in [9.17, 15) is 10.5 Å². The van der Waals surface area contributed by atoms with Crippen molar-refractivity contribution in [2.24, 2.45) is 0 Å². The van der Waals surface area contributed by atoms with Crippen LogP contribution in [0, 0.1) is 22.7 Å². The van der Waals surface area contributed by atoms with Gasteiger partial charge in [0.25, 0.3) is 0 Å². The Labute approximate surface area is 219 Å². The smallest absolute Gasteiger partial charge is 0.135 e. The van der Waals surface area contributed by atoms with Crippen molar-refractivity contribution in [2.75, 3.05) is 21.3 Å². The van der Waals surface area contributed by atoms with Crippen molar-refractivity contribution in [3.05, 3.63) is 83.9 Å². The van der Waals surface area contributed by atoms with E-state index in [1.165, 1.54) is 0 Å². The van der Waals surface area contributed by atoms with Crippen molar-refractivity contribution in [3.8, 4) is 40.5 Å². The van der Waals surface area contributed by atoms with Crippen LogP contribution in [0.25, 0.3) is 60.3 Å². The average Bonchev–Trinajstić information content (AvgIpc) is 3.11. The van der Waals surface area contributed by atoms with Crippen LogP contribution in [-0.2, 0) is 0 Å². The van der Waals surface area contributed by atoms with E-state index >= 15 is 0 Å². The number of allylic oxidation sites excluding steroid dienone is 1. The normalized spacial score (nSPS) is 11.0. The third-order valence-electron chi connectivity index (χ3n) is 7.17. The molecule has 0 saturated heterocycles. The molecule has 4 aromatic rings. The third kappa shape index (κ3) is 3.23. The number of methoxy groups -OCH3 is 3. The Morgan fingerprint density at radius 1 is 0.605 bits per heavy atom. The molecule has 6 rings (SSSR count). The van der Waals surface area contributed by atoms with Crippen LogP contribution in [0.4, 0.5) is 0 Å². The summed E-state index contributed by atoms with van der Waals surface area (Å²) in [4.78, 5) is 0. The Kier molecular flexibility index (Phi) is 5.48. The first-order valence-electron chi connectivity index (χ1n) is 12.1. The van der Waals surface area contributed by atoms with Crippen molar-refractivity contribution < 1.29 is 14.2 Å². The summed E-state index contributed by atoms with van der Waals surface area (Å²) < 4.78 is 17.9. The Morgan fingerprint density at radius 3 is 1.82 bits per heavy atom. The van der Waals surface area contributed by atoms with Gasteiger partial charge in [0, 0.05) is 32.3 Å². The van der Waals surface area contributed by atoms with E-state index in [2.05, 4.69) is 24.3 Å². The maximum Gasteiger partial charge on any atom is 0.135 e. The summed E-state index contributed by atoms with van der Waals surface area (Å²) in [5, 5.41) is 26.8. The van der Waals surface area contributed by atoms with Crippen molar-refractivity contribution in [1.82, 2.24) is 0 Å². The van der Waals surface area contributed by atoms with Gasteiger partial charge in [-0.3, -0.25) is 0 Å². The summed E-state index contributed by atoms with van der Waals surface area (Å²) in [5.74, 6) is 2.18. The van der Waals surface area contributed by atoms with E-state index in [1.807, 2.05) is 60.7 Å². The number of fused-ring (bicyclic) bond motifs is 6. The molecule has 0 fully saturated rings. The Balaban J connectivity index is 1.92. The first-order valence-corrected chi connectivity index (χ1v) is 12.1. The van der Waals surface area contributed by atoms with Gasteiger partial charge in [0.05, 0.1) is 21.3 Å². The quantitative estimate of drug-likeness (QED) is 0.233. The predicted octanol–water partition coefficient (Wildman–Crippen LogP) is 7.86. The highest BCUT2D eigenvalue weighted by Gasteiger charge is 2.26. The van der Waals surface area contributed by atoms with Gasteiger partial charge < -0.3 is 14.2 Å². The average molecular weight is 495 g/mol. The molecule has 0 atom stereocenters. The molecule has 2 aliphatic rings. The second kappa shape index (κ2) is 9.00. The van der Waals surface area contributed by atoms with Crippen LogP contribution in [0.2, 0.25) is 0 Å². The van der Waals surface area contributed by atoms with Crippen molar-refractivity contribution in [1.29, 1.82) is 10.5 Å². The Bertz CT molecular complexity index is 1990. The largest absolute Gasteiger partial charge is 0.495 e. The molecule has 0 spiro atoms. The zero-order valence-corrected chi connectivity index (χ0v) is 21.1. The van der Waals surface area contributed by atoms with E-state index in [4.69, 9.17) is 14.2 Å². The summed E-state index contributed by atoms with van der Waals surface area (Å²) >= 11 is 0. The molecule has 0 N–H and O–H groups in total. The maximum absolute atomic E-state index is 9.64. The molecule has 38 heavy (non-hydrogen) atoms. The molecule has 0 aliphatic heterocycles. The van der Waals surface area contributed by atoms with E-state index in [0.29, 0.717) is 11.5 Å². The molecule has 182 valence electrons. The molecular formula is C33H22N2O3. The van der Waals surface area contributed by atoms with Gasteiger partial charge >= 0.3 is 0 Å². The number of nitrogens with zero attached hydrogens (tertiary/aromatic N) is 2. The molecule has 0 aromatic heterocycles. The van der Waals surface area contributed by atoms with E-state index in [-0.39, 0.29) is 5.57 Å². The molecular weight excluding hydrogens is 472 g/mol. The van der Waals surface area contributed by atoms with E-state index < -0.39 is 0 Å². The standard InChI is InChI=1S/C33H22N2O3/c1-36-31-22-9-5-4-8-20(22)15-21-16-28-24(13-12-23(21)31)27(14-19(17-34)18-35)29-30(28)33(38-3)26-11-7-6-10-25(26)32(29)37-2/h4-16H,1-3H3. The van der Waals surface area contributed by atoms with Crippen molar-refractivity contribution in [3.63, 3.8) is 0 Å². The number of benzene rings is 4. The molecule has 4 aromatic carbocycles. The lowest BCUT2D eigenvalue weighted by molar-refractivity contribution is 0.418. The molecule has 2 aliphatic carbocycles. The fraction of sp³-hybridized carbons (Fsp3) is 0.0909. The zero-order valence-electron chi connectivity index (χ0n) is 21.1. The highest BCUT2D eigenvalue weighted by Crippen LogP contribution is 2.53. The van der Waals surface area contributed by atoms with Gasteiger partial charge in [-0.15, -0.1) is 0 Å². The van der Waals surface area contributed by atoms with Gasteiger partial charge in [-0.25, -0.2) is 0 Å². The molecule has 0 amide bonds. The molecule has 5 heteroatoms. The monoisotopic (exact) mass is 494 g/mol. The summed E-state index contributed by atoms with van der Waals surface area (Å²) in [7, 11) is 4.99. The van der Waals surface area contributed by atoms with Crippen LogP contribution in [-0.4, -0.2) is 21.3 Å². The van der Waals surface area contributed by atoms with Crippen LogP contribution in [0.1, 0.15) is 5.56 Å². The Morgan fingerprint density at radius 2 is 1.18 bits per heavy atom. The SMILES string of the molecule is COc1c2ccccc2cc2cc3c4c(OC)c5ccccc5c(OC)c4c(C=C(C#N)C#N)c-3ccc12. The van der Waals surface area contributed by atoms with Gasteiger partial charge in [-0.1, -0.05) is 54.6 Å². The van der Waals surface area contributed by atoms with Crippen LogP contribution >= 0.6 is 0 Å². The fourth-order valence-electron chi connectivity index (χ4n) is 5.63. The summed E-state index contributed by atoms with van der Waals surface area (Å²) in [5.41, 5.74) is 2.54. The maximum atomic E-state index is 9.64. The minimum atomic E-state index is 0.00681. The van der Waals surface area contributed by atoms with Gasteiger partial charge in [0.2, 0.25) is 0 Å². The highest BCUT2D eigenvalue weighted by atomic mass is 16.5. The lowest BCUT2D eigenvalue weighted by atomic mass is 10.00. The van der Waals surface area contributed by atoms with Gasteiger partial charge in [-0.05, 0) is 51.7 Å². The first kappa shape index (κ1) is 23.2. The fourth-order valence-corrected chi connectivity index (χ4v) is 5.63. The minimum Gasteiger partial charge on any atom is -0.495 e. The minimum absolute atomic E-state index is 0.00681. The molecule has 0 heterocycles. The topological polar surface area (TPSA) is 75.3 Å². The lowest BCUT2D eigenvalue weighted by Gasteiger charge is -2.14. The molecule has 5 nitrogen and oxygen atoms in total. The molecule has 0 radical (unpaired) electrons. The van der Waals surface area contributed by atoms with E-state index in [0.717, 1.165) is 65.5 Å². The second-order valence-corrected chi connectivity index (χ2v) is 9.00. The zero-order chi connectivity index (χ0) is 26.4. The second-order valence-electron chi connectivity index (χ2n) is 9.00. The van der Waals surface area contributed by atoms with Gasteiger partial charge in [-0.2, -0.15) is 10.5 Å². The number of ether oxygens (including phenoxy) is 3. The number of hydrogen-bond acceptors (Lipinski definition) is 5. The van der Waals surface area contributed by atoms with Crippen LogP contribution < -0.4 is 14.2 Å². The molecule has 0 unspecified atom stereocenters. The Hall–Kier alpha value is -5.26. The summed E-state index contributed by atoms with van der Waals surface area (Å²) in [6.45, 7) is 0. The molecule has 0 bridgehead atoms. The van der Waals surface area contributed by atoms with Crippen LogP contribution in [0.15, 0.2) is 78.4 Å². The van der Waals surface area contributed by atoms with E-state index in [1.54, 1.807) is 27.4 Å². The van der Waals surface area contributed by atoms with Crippen LogP contribution in [0.5, 0.6) is 17.2 Å². The predicted molar refractivity (Wildman–Crippen MR) is 152 cm³/mol. The number of rotatable bonds is 4. The summed E-state index contributed by atoms with van der Waals surface area (Å²) in [6.07, 6.45) is 1.64. The van der Waals surface area contributed by atoms with Gasteiger partial charge in [0.1, 0.15) is 35.0 Å². The lowest BCUT2D eigenvalue weighted by Crippen LogP contribution is -1.92. The first-order chi connectivity index (χ1) is 18.6. The summed E-state index contributed by atoms with van der Waals surface area (Å²) in [6, 6.07) is 28.4. The van der Waals surface area contributed by atoms with Crippen molar-refractivity contribution in [2.45, 2.75) is 0 Å². The van der Waals surface area contributed by atoms with Gasteiger partial charge in [0.15, 0.2) is 0 Å². The third-order valence-corrected chi connectivity index (χ3v) is 7.17. The van der Waals surface area contributed by atoms with Crippen LogP contribution in [0.3, 0.4) is 0 Å². The number of hydrogen-bond donors (Lipinski definition) is 0. The number of nitriles is 2. The molecule has 0 saturated carbocycles.